The summed E-state index contributed by atoms with van der Waals surface area (Å²) in [6, 6.07) is 3.69. The van der Waals surface area contributed by atoms with Crippen molar-refractivity contribution in [1.29, 1.82) is 0 Å². The van der Waals surface area contributed by atoms with E-state index in [4.69, 9.17) is 0 Å². The van der Waals surface area contributed by atoms with Gasteiger partial charge < -0.3 is 10.0 Å². The Bertz CT molecular complexity index is 397. The van der Waals surface area contributed by atoms with Crippen LogP contribution in [0.2, 0.25) is 0 Å². The summed E-state index contributed by atoms with van der Waals surface area (Å²) in [7, 11) is 0. The van der Waals surface area contributed by atoms with E-state index >= 15 is 0 Å². The number of carbonyl (C=O) groups is 1. The Morgan fingerprint density at radius 2 is 1.94 bits per heavy atom. The number of rotatable bonds is 2. The SMILES string of the molecule is CC(=O)c1c(C)cc(N2CCCC2)cc1O. The minimum Gasteiger partial charge on any atom is -0.507 e. The van der Waals surface area contributed by atoms with Gasteiger partial charge in [0.05, 0.1) is 5.56 Å². The first-order valence-corrected chi connectivity index (χ1v) is 5.69. The first-order valence-electron chi connectivity index (χ1n) is 5.69. The topological polar surface area (TPSA) is 40.5 Å². The van der Waals surface area contributed by atoms with Gasteiger partial charge >= 0.3 is 0 Å². The maximum atomic E-state index is 11.3. The summed E-state index contributed by atoms with van der Waals surface area (Å²) < 4.78 is 0. The lowest BCUT2D eigenvalue weighted by molar-refractivity contribution is 0.101. The quantitative estimate of drug-likeness (QED) is 0.777. The Labute approximate surface area is 95.7 Å². The van der Waals surface area contributed by atoms with E-state index in [0.29, 0.717) is 5.56 Å². The van der Waals surface area contributed by atoms with Gasteiger partial charge in [-0.2, -0.15) is 0 Å². The van der Waals surface area contributed by atoms with E-state index in [1.807, 2.05) is 13.0 Å². The molecule has 0 aliphatic carbocycles. The molecule has 0 bridgehead atoms. The lowest BCUT2D eigenvalue weighted by atomic mass is 10.0. The van der Waals surface area contributed by atoms with Crippen molar-refractivity contribution in [3.63, 3.8) is 0 Å². The summed E-state index contributed by atoms with van der Waals surface area (Å²) in [5.41, 5.74) is 2.33. The predicted molar refractivity (Wildman–Crippen MR) is 64.3 cm³/mol. The van der Waals surface area contributed by atoms with E-state index in [-0.39, 0.29) is 11.5 Å². The van der Waals surface area contributed by atoms with Crippen LogP contribution in [0.25, 0.3) is 0 Å². The van der Waals surface area contributed by atoms with E-state index in [0.717, 1.165) is 24.3 Å². The molecule has 1 saturated heterocycles. The zero-order valence-electron chi connectivity index (χ0n) is 9.79. The van der Waals surface area contributed by atoms with Crippen molar-refractivity contribution in [2.75, 3.05) is 18.0 Å². The molecule has 86 valence electrons. The molecule has 1 aromatic carbocycles. The third kappa shape index (κ3) is 1.90. The number of aromatic hydroxyl groups is 1. The molecule has 3 heteroatoms. The number of nitrogens with zero attached hydrogens (tertiary/aromatic N) is 1. The Hall–Kier alpha value is -1.51. The Kier molecular flexibility index (Phi) is 2.86. The van der Waals surface area contributed by atoms with Crippen LogP contribution < -0.4 is 4.90 Å². The van der Waals surface area contributed by atoms with Gasteiger partial charge in [-0.25, -0.2) is 0 Å². The smallest absolute Gasteiger partial charge is 0.163 e. The highest BCUT2D eigenvalue weighted by molar-refractivity contribution is 5.98. The number of ketones is 1. The largest absolute Gasteiger partial charge is 0.507 e. The van der Waals surface area contributed by atoms with Gasteiger partial charge in [-0.3, -0.25) is 4.79 Å². The number of phenols is 1. The number of aryl methyl sites for hydroxylation is 1. The van der Waals surface area contributed by atoms with E-state index in [2.05, 4.69) is 4.90 Å². The number of anilines is 1. The summed E-state index contributed by atoms with van der Waals surface area (Å²) in [6.45, 7) is 5.43. The molecule has 0 spiro atoms. The second-order valence-corrected chi connectivity index (χ2v) is 4.41. The number of Topliss-reactive ketones (excluding diaryl/α,β-unsaturated/α-hetero) is 1. The molecule has 0 aromatic heterocycles. The maximum Gasteiger partial charge on any atom is 0.163 e. The fourth-order valence-corrected chi connectivity index (χ4v) is 2.37. The van der Waals surface area contributed by atoms with Crippen LogP contribution in [0.1, 0.15) is 35.7 Å². The number of hydrogen-bond acceptors (Lipinski definition) is 3. The normalized spacial score (nSPS) is 15.5. The Balaban J connectivity index is 2.40. The number of hydrogen-bond donors (Lipinski definition) is 1. The van der Waals surface area contributed by atoms with Crippen LogP contribution in [0, 0.1) is 6.92 Å². The van der Waals surface area contributed by atoms with Crippen LogP contribution in [-0.2, 0) is 0 Å². The summed E-state index contributed by atoms with van der Waals surface area (Å²) in [4.78, 5) is 13.6. The molecule has 0 unspecified atom stereocenters. The van der Waals surface area contributed by atoms with Crippen molar-refractivity contribution in [2.45, 2.75) is 26.7 Å². The van der Waals surface area contributed by atoms with Gasteiger partial charge in [0.25, 0.3) is 0 Å². The van der Waals surface area contributed by atoms with Crippen LogP contribution in [-0.4, -0.2) is 24.0 Å². The molecule has 1 fully saturated rings. The minimum atomic E-state index is -0.0806. The highest BCUT2D eigenvalue weighted by atomic mass is 16.3. The standard InChI is InChI=1S/C13H17NO2/c1-9-7-11(14-5-3-4-6-14)8-12(16)13(9)10(2)15/h7-8,16H,3-6H2,1-2H3. The van der Waals surface area contributed by atoms with E-state index in [9.17, 15) is 9.90 Å². The molecule has 1 aliphatic heterocycles. The lowest BCUT2D eigenvalue weighted by Gasteiger charge is -2.19. The van der Waals surface area contributed by atoms with Gasteiger partial charge in [0.1, 0.15) is 5.75 Å². The van der Waals surface area contributed by atoms with E-state index < -0.39 is 0 Å². The summed E-state index contributed by atoms with van der Waals surface area (Å²) in [5.74, 6) is 0.0253. The van der Waals surface area contributed by atoms with Crippen molar-refractivity contribution in [3.05, 3.63) is 23.3 Å². The van der Waals surface area contributed by atoms with Crippen LogP contribution >= 0.6 is 0 Å². The molecule has 3 nitrogen and oxygen atoms in total. The van der Waals surface area contributed by atoms with Crippen LogP contribution in [0.15, 0.2) is 12.1 Å². The monoisotopic (exact) mass is 219 g/mol. The third-order valence-corrected chi connectivity index (χ3v) is 3.12. The van der Waals surface area contributed by atoms with Crippen molar-refractivity contribution >= 4 is 11.5 Å². The van der Waals surface area contributed by atoms with E-state index in [1.165, 1.54) is 19.8 Å². The number of benzene rings is 1. The third-order valence-electron chi connectivity index (χ3n) is 3.12. The summed E-state index contributed by atoms with van der Waals surface area (Å²) in [6.07, 6.45) is 2.41. The van der Waals surface area contributed by atoms with Crippen LogP contribution in [0.3, 0.4) is 0 Å². The van der Waals surface area contributed by atoms with Crippen molar-refractivity contribution < 1.29 is 9.90 Å². The van der Waals surface area contributed by atoms with Gasteiger partial charge in [-0.15, -0.1) is 0 Å². The molecule has 0 amide bonds. The predicted octanol–water partition coefficient (Wildman–Crippen LogP) is 2.50. The molecule has 2 rings (SSSR count). The van der Waals surface area contributed by atoms with Gasteiger partial charge in [0.15, 0.2) is 5.78 Å². The first kappa shape index (κ1) is 11.0. The van der Waals surface area contributed by atoms with Gasteiger partial charge in [0, 0.05) is 24.8 Å². The lowest BCUT2D eigenvalue weighted by Crippen LogP contribution is -2.17. The molecular formula is C13H17NO2. The Morgan fingerprint density at radius 1 is 1.31 bits per heavy atom. The zero-order chi connectivity index (χ0) is 11.7. The van der Waals surface area contributed by atoms with Crippen LogP contribution in [0.4, 0.5) is 5.69 Å². The molecule has 1 aromatic rings. The highest BCUT2D eigenvalue weighted by Crippen LogP contribution is 2.30. The summed E-state index contributed by atoms with van der Waals surface area (Å²) >= 11 is 0. The zero-order valence-corrected chi connectivity index (χ0v) is 9.79. The summed E-state index contributed by atoms with van der Waals surface area (Å²) in [5, 5.41) is 9.86. The molecular weight excluding hydrogens is 202 g/mol. The van der Waals surface area contributed by atoms with Gasteiger partial charge in [-0.05, 0) is 38.3 Å². The average molecular weight is 219 g/mol. The first-order chi connectivity index (χ1) is 7.59. The molecule has 1 heterocycles. The van der Waals surface area contributed by atoms with Crippen LogP contribution in [0.5, 0.6) is 5.75 Å². The molecule has 0 atom stereocenters. The highest BCUT2D eigenvalue weighted by Gasteiger charge is 2.17. The molecule has 1 N–H and O–H groups in total. The number of carbonyl (C=O) groups excluding carboxylic acids is 1. The molecule has 0 radical (unpaired) electrons. The molecule has 1 aliphatic rings. The van der Waals surface area contributed by atoms with Crippen molar-refractivity contribution in [3.8, 4) is 5.75 Å². The second-order valence-electron chi connectivity index (χ2n) is 4.41. The fourth-order valence-electron chi connectivity index (χ4n) is 2.37. The van der Waals surface area contributed by atoms with Gasteiger partial charge in [-0.1, -0.05) is 0 Å². The fraction of sp³-hybridized carbons (Fsp3) is 0.462. The molecule has 16 heavy (non-hydrogen) atoms. The minimum absolute atomic E-state index is 0.0806. The second kappa shape index (κ2) is 4.16. The van der Waals surface area contributed by atoms with Crippen molar-refractivity contribution in [1.82, 2.24) is 0 Å². The van der Waals surface area contributed by atoms with Crippen molar-refractivity contribution in [2.24, 2.45) is 0 Å². The Morgan fingerprint density at radius 3 is 2.44 bits per heavy atom. The maximum absolute atomic E-state index is 11.3. The van der Waals surface area contributed by atoms with Gasteiger partial charge in [0.2, 0.25) is 0 Å². The molecule has 0 saturated carbocycles. The average Bonchev–Trinajstić information content (AvgIpc) is 2.67. The number of phenolic OH excluding ortho intramolecular Hbond substituents is 1. The van der Waals surface area contributed by atoms with E-state index in [1.54, 1.807) is 6.07 Å².